The maximum Gasteiger partial charge on any atom is 0.134 e. The van der Waals surface area contributed by atoms with Gasteiger partial charge in [0.2, 0.25) is 0 Å². The molecule has 0 spiro atoms. The molecule has 96 valence electrons. The van der Waals surface area contributed by atoms with E-state index in [2.05, 4.69) is 15.3 Å². The average Bonchev–Trinajstić information content (AvgIpc) is 2.28. The van der Waals surface area contributed by atoms with Crippen molar-refractivity contribution >= 4 is 11.6 Å². The standard InChI is InChI=1S/C11H20N4O2/c1-3-12-10-8-11(14-9(2)13-10)15(4-6-16)5-7-17/h8,16-17H,3-7H2,1-2H3,(H,12,13,14). The Hall–Kier alpha value is -1.40. The molecule has 3 N–H and O–H groups in total. The first-order chi connectivity index (χ1) is 8.21. The molecular formula is C11H20N4O2. The van der Waals surface area contributed by atoms with Gasteiger partial charge in [-0.1, -0.05) is 0 Å². The van der Waals surface area contributed by atoms with Crippen LogP contribution in [0.4, 0.5) is 11.6 Å². The lowest BCUT2D eigenvalue weighted by atomic mass is 10.4. The predicted octanol–water partition coefficient (Wildman–Crippen LogP) is 0.00782. The number of aliphatic hydroxyl groups excluding tert-OH is 2. The SMILES string of the molecule is CCNc1cc(N(CCO)CCO)nc(C)n1. The van der Waals surface area contributed by atoms with E-state index in [4.69, 9.17) is 10.2 Å². The first kappa shape index (κ1) is 13.7. The first-order valence-electron chi connectivity index (χ1n) is 5.77. The third-order valence-corrected chi connectivity index (χ3v) is 2.25. The minimum absolute atomic E-state index is 0.0274. The molecule has 1 aromatic heterocycles. The summed E-state index contributed by atoms with van der Waals surface area (Å²) < 4.78 is 0. The zero-order chi connectivity index (χ0) is 12.7. The monoisotopic (exact) mass is 240 g/mol. The fourth-order valence-corrected chi connectivity index (χ4v) is 1.57. The number of aromatic nitrogens is 2. The van der Waals surface area contributed by atoms with Gasteiger partial charge in [0, 0.05) is 25.7 Å². The average molecular weight is 240 g/mol. The predicted molar refractivity (Wildman–Crippen MR) is 67.3 cm³/mol. The molecular weight excluding hydrogens is 220 g/mol. The fraction of sp³-hybridized carbons (Fsp3) is 0.636. The minimum Gasteiger partial charge on any atom is -0.395 e. The molecule has 6 nitrogen and oxygen atoms in total. The molecule has 0 saturated heterocycles. The Morgan fingerprint density at radius 3 is 2.41 bits per heavy atom. The number of nitrogens with zero attached hydrogens (tertiary/aromatic N) is 3. The summed E-state index contributed by atoms with van der Waals surface area (Å²) in [7, 11) is 0. The molecule has 1 heterocycles. The molecule has 0 atom stereocenters. The summed E-state index contributed by atoms with van der Waals surface area (Å²) in [6.07, 6.45) is 0. The van der Waals surface area contributed by atoms with Gasteiger partial charge in [-0.2, -0.15) is 0 Å². The summed E-state index contributed by atoms with van der Waals surface area (Å²) in [5, 5.41) is 21.1. The molecule has 0 aromatic carbocycles. The quantitative estimate of drug-likeness (QED) is 0.623. The van der Waals surface area contributed by atoms with Crippen LogP contribution in [-0.2, 0) is 0 Å². The molecule has 0 aliphatic heterocycles. The molecule has 6 heteroatoms. The summed E-state index contributed by atoms with van der Waals surface area (Å²) in [5.41, 5.74) is 0. The molecule has 1 rings (SSSR count). The van der Waals surface area contributed by atoms with Crippen LogP contribution in [0.3, 0.4) is 0 Å². The van der Waals surface area contributed by atoms with E-state index in [0.717, 1.165) is 18.2 Å². The van der Waals surface area contributed by atoms with Gasteiger partial charge in [-0.3, -0.25) is 0 Å². The Morgan fingerprint density at radius 1 is 1.24 bits per heavy atom. The second-order valence-electron chi connectivity index (χ2n) is 3.62. The summed E-state index contributed by atoms with van der Waals surface area (Å²) in [5.74, 6) is 2.15. The van der Waals surface area contributed by atoms with Crippen molar-refractivity contribution in [1.82, 2.24) is 9.97 Å². The van der Waals surface area contributed by atoms with Gasteiger partial charge in [0.15, 0.2) is 0 Å². The largest absolute Gasteiger partial charge is 0.395 e. The van der Waals surface area contributed by atoms with E-state index in [1.54, 1.807) is 0 Å². The Balaban J connectivity index is 2.92. The molecule has 1 aromatic rings. The number of anilines is 2. The number of rotatable bonds is 7. The number of aryl methyl sites for hydroxylation is 1. The van der Waals surface area contributed by atoms with Crippen LogP contribution < -0.4 is 10.2 Å². The lowest BCUT2D eigenvalue weighted by Crippen LogP contribution is -2.30. The Kier molecular flexibility index (Phi) is 5.65. The highest BCUT2D eigenvalue weighted by Crippen LogP contribution is 2.15. The zero-order valence-corrected chi connectivity index (χ0v) is 10.3. The van der Waals surface area contributed by atoms with Crippen molar-refractivity contribution in [1.29, 1.82) is 0 Å². The molecule has 0 fully saturated rings. The smallest absolute Gasteiger partial charge is 0.134 e. The topological polar surface area (TPSA) is 81.5 Å². The van der Waals surface area contributed by atoms with Gasteiger partial charge >= 0.3 is 0 Å². The van der Waals surface area contributed by atoms with Gasteiger partial charge < -0.3 is 20.4 Å². The van der Waals surface area contributed by atoms with E-state index in [1.807, 2.05) is 24.8 Å². The summed E-state index contributed by atoms with van der Waals surface area (Å²) in [6.45, 7) is 5.55. The lowest BCUT2D eigenvalue weighted by Gasteiger charge is -2.22. The number of nitrogens with one attached hydrogen (secondary N) is 1. The first-order valence-corrected chi connectivity index (χ1v) is 5.77. The van der Waals surface area contributed by atoms with E-state index in [1.165, 1.54) is 0 Å². The van der Waals surface area contributed by atoms with Gasteiger partial charge in [-0.05, 0) is 13.8 Å². The van der Waals surface area contributed by atoms with E-state index in [9.17, 15) is 0 Å². The molecule has 0 aliphatic carbocycles. The second-order valence-corrected chi connectivity index (χ2v) is 3.62. The Labute approximate surface area is 101 Å². The third-order valence-electron chi connectivity index (χ3n) is 2.25. The van der Waals surface area contributed by atoms with Crippen LogP contribution in [0.25, 0.3) is 0 Å². The molecule has 0 bridgehead atoms. The number of hydrogen-bond acceptors (Lipinski definition) is 6. The van der Waals surface area contributed by atoms with E-state index >= 15 is 0 Å². The molecule has 0 amide bonds. The summed E-state index contributed by atoms with van der Waals surface area (Å²) in [6, 6.07) is 1.82. The highest BCUT2D eigenvalue weighted by molar-refractivity contribution is 5.49. The van der Waals surface area contributed by atoms with Crippen molar-refractivity contribution in [2.45, 2.75) is 13.8 Å². The van der Waals surface area contributed by atoms with Crippen molar-refractivity contribution in [2.75, 3.05) is 43.1 Å². The van der Waals surface area contributed by atoms with Gasteiger partial charge in [-0.25, -0.2) is 9.97 Å². The van der Waals surface area contributed by atoms with Crippen LogP contribution in [0.2, 0.25) is 0 Å². The normalized spacial score (nSPS) is 10.4. The van der Waals surface area contributed by atoms with E-state index < -0.39 is 0 Å². The highest BCUT2D eigenvalue weighted by atomic mass is 16.3. The molecule has 17 heavy (non-hydrogen) atoms. The zero-order valence-electron chi connectivity index (χ0n) is 10.3. The van der Waals surface area contributed by atoms with E-state index in [-0.39, 0.29) is 13.2 Å². The van der Waals surface area contributed by atoms with Crippen LogP contribution >= 0.6 is 0 Å². The van der Waals surface area contributed by atoms with Crippen LogP contribution in [0, 0.1) is 6.92 Å². The van der Waals surface area contributed by atoms with Crippen LogP contribution in [-0.4, -0.2) is 53.0 Å². The van der Waals surface area contributed by atoms with Crippen molar-refractivity contribution in [2.24, 2.45) is 0 Å². The van der Waals surface area contributed by atoms with E-state index in [0.29, 0.717) is 18.9 Å². The minimum atomic E-state index is 0.0274. The van der Waals surface area contributed by atoms with Crippen molar-refractivity contribution < 1.29 is 10.2 Å². The molecule has 0 unspecified atom stereocenters. The molecule has 0 radical (unpaired) electrons. The fourth-order valence-electron chi connectivity index (χ4n) is 1.57. The summed E-state index contributed by atoms with van der Waals surface area (Å²) in [4.78, 5) is 10.4. The van der Waals surface area contributed by atoms with Crippen molar-refractivity contribution in [3.05, 3.63) is 11.9 Å². The van der Waals surface area contributed by atoms with Crippen molar-refractivity contribution in [3.63, 3.8) is 0 Å². The van der Waals surface area contributed by atoms with Crippen LogP contribution in [0.5, 0.6) is 0 Å². The van der Waals surface area contributed by atoms with Gasteiger partial charge in [0.05, 0.1) is 13.2 Å². The summed E-state index contributed by atoms with van der Waals surface area (Å²) >= 11 is 0. The van der Waals surface area contributed by atoms with Crippen molar-refractivity contribution in [3.8, 4) is 0 Å². The molecule has 0 saturated carbocycles. The third kappa shape index (κ3) is 4.16. The maximum atomic E-state index is 8.98. The second kappa shape index (κ2) is 7.03. The lowest BCUT2D eigenvalue weighted by molar-refractivity contribution is 0.280. The molecule has 0 aliphatic rings. The van der Waals surface area contributed by atoms with Gasteiger partial charge in [0.1, 0.15) is 17.5 Å². The Bertz CT molecular complexity index is 340. The van der Waals surface area contributed by atoms with Crippen LogP contribution in [0.15, 0.2) is 6.07 Å². The Morgan fingerprint density at radius 2 is 1.88 bits per heavy atom. The van der Waals surface area contributed by atoms with Gasteiger partial charge in [0.25, 0.3) is 0 Å². The van der Waals surface area contributed by atoms with Crippen LogP contribution in [0.1, 0.15) is 12.7 Å². The number of aliphatic hydroxyl groups is 2. The maximum absolute atomic E-state index is 8.98. The highest BCUT2D eigenvalue weighted by Gasteiger charge is 2.09. The van der Waals surface area contributed by atoms with Gasteiger partial charge in [-0.15, -0.1) is 0 Å². The number of hydrogen-bond donors (Lipinski definition) is 3.